The first-order valence-corrected chi connectivity index (χ1v) is 6.70. The van der Waals surface area contributed by atoms with Crippen molar-refractivity contribution in [1.29, 1.82) is 0 Å². The predicted octanol–water partition coefficient (Wildman–Crippen LogP) is 2.85. The molecule has 1 fully saturated rings. The number of nitrogens with zero attached hydrogens (tertiary/aromatic N) is 1. The lowest BCUT2D eigenvalue weighted by molar-refractivity contribution is 0.108. The quantitative estimate of drug-likeness (QED) is 0.843. The summed E-state index contributed by atoms with van der Waals surface area (Å²) in [4.78, 5) is 4.37. The SMILES string of the molecule is CCCOc1cccnc1NC1CCC(OC)C1. The third-order valence-corrected chi connectivity index (χ3v) is 3.29. The highest BCUT2D eigenvalue weighted by molar-refractivity contribution is 5.50. The summed E-state index contributed by atoms with van der Waals surface area (Å²) >= 11 is 0. The Morgan fingerprint density at radius 1 is 1.44 bits per heavy atom. The average Bonchev–Trinajstić information content (AvgIpc) is 2.85. The van der Waals surface area contributed by atoms with Gasteiger partial charge in [0, 0.05) is 19.3 Å². The van der Waals surface area contributed by atoms with Crippen LogP contribution in [0.1, 0.15) is 32.6 Å². The van der Waals surface area contributed by atoms with Crippen molar-refractivity contribution < 1.29 is 9.47 Å². The number of methoxy groups -OCH3 is 1. The average molecular weight is 250 g/mol. The molecule has 0 aliphatic heterocycles. The van der Waals surface area contributed by atoms with Crippen molar-refractivity contribution >= 4 is 5.82 Å². The molecule has 0 saturated heterocycles. The predicted molar refractivity (Wildman–Crippen MR) is 72.1 cm³/mol. The van der Waals surface area contributed by atoms with Gasteiger partial charge in [0.05, 0.1) is 12.7 Å². The van der Waals surface area contributed by atoms with E-state index < -0.39 is 0 Å². The van der Waals surface area contributed by atoms with Crippen molar-refractivity contribution in [3.63, 3.8) is 0 Å². The second-order valence-corrected chi connectivity index (χ2v) is 4.71. The lowest BCUT2D eigenvalue weighted by Gasteiger charge is -2.16. The van der Waals surface area contributed by atoms with Crippen LogP contribution in [-0.2, 0) is 4.74 Å². The summed E-state index contributed by atoms with van der Waals surface area (Å²) < 4.78 is 11.1. The zero-order chi connectivity index (χ0) is 12.8. The van der Waals surface area contributed by atoms with Crippen LogP contribution in [0.25, 0.3) is 0 Å². The number of ether oxygens (including phenoxy) is 2. The molecule has 1 aliphatic rings. The monoisotopic (exact) mass is 250 g/mol. The van der Waals surface area contributed by atoms with E-state index in [0.717, 1.165) is 43.9 Å². The maximum atomic E-state index is 5.69. The van der Waals surface area contributed by atoms with E-state index in [4.69, 9.17) is 9.47 Å². The molecule has 1 aromatic heterocycles. The normalized spacial score (nSPS) is 23.0. The van der Waals surface area contributed by atoms with E-state index >= 15 is 0 Å². The van der Waals surface area contributed by atoms with Crippen molar-refractivity contribution in [3.05, 3.63) is 18.3 Å². The molecule has 18 heavy (non-hydrogen) atoms. The number of hydrogen-bond donors (Lipinski definition) is 1. The van der Waals surface area contributed by atoms with Gasteiger partial charge >= 0.3 is 0 Å². The van der Waals surface area contributed by atoms with Crippen molar-refractivity contribution in [2.45, 2.75) is 44.8 Å². The van der Waals surface area contributed by atoms with Crippen LogP contribution in [0.3, 0.4) is 0 Å². The molecule has 1 heterocycles. The van der Waals surface area contributed by atoms with Gasteiger partial charge in [-0.15, -0.1) is 0 Å². The summed E-state index contributed by atoms with van der Waals surface area (Å²) in [7, 11) is 1.78. The molecule has 1 aromatic rings. The van der Waals surface area contributed by atoms with Crippen molar-refractivity contribution in [2.24, 2.45) is 0 Å². The summed E-state index contributed by atoms with van der Waals surface area (Å²) in [6, 6.07) is 4.31. The lowest BCUT2D eigenvalue weighted by Crippen LogP contribution is -2.18. The zero-order valence-corrected chi connectivity index (χ0v) is 11.2. The van der Waals surface area contributed by atoms with Crippen LogP contribution in [-0.4, -0.2) is 30.8 Å². The van der Waals surface area contributed by atoms with Gasteiger partial charge in [-0.1, -0.05) is 6.92 Å². The minimum atomic E-state index is 0.381. The molecule has 0 aromatic carbocycles. The van der Waals surface area contributed by atoms with Crippen molar-refractivity contribution in [3.8, 4) is 5.75 Å². The Bertz CT molecular complexity index is 371. The van der Waals surface area contributed by atoms with Gasteiger partial charge in [-0.05, 0) is 37.8 Å². The van der Waals surface area contributed by atoms with Crippen molar-refractivity contribution in [2.75, 3.05) is 19.0 Å². The van der Waals surface area contributed by atoms with Crippen LogP contribution < -0.4 is 10.1 Å². The number of hydrogen-bond acceptors (Lipinski definition) is 4. The Labute approximate surface area is 109 Å². The zero-order valence-electron chi connectivity index (χ0n) is 11.2. The number of anilines is 1. The maximum absolute atomic E-state index is 5.69. The van der Waals surface area contributed by atoms with E-state index in [9.17, 15) is 0 Å². The molecule has 2 rings (SSSR count). The van der Waals surface area contributed by atoms with E-state index in [1.54, 1.807) is 13.3 Å². The summed E-state index contributed by atoms with van der Waals surface area (Å²) in [6.07, 6.45) is 6.47. The van der Waals surface area contributed by atoms with Crippen molar-refractivity contribution in [1.82, 2.24) is 4.98 Å². The Morgan fingerprint density at radius 3 is 3.06 bits per heavy atom. The fourth-order valence-electron chi connectivity index (χ4n) is 2.31. The largest absolute Gasteiger partial charge is 0.490 e. The Kier molecular flexibility index (Phi) is 4.81. The second kappa shape index (κ2) is 6.59. The van der Waals surface area contributed by atoms with Crippen LogP contribution in [0, 0.1) is 0 Å². The smallest absolute Gasteiger partial charge is 0.168 e. The molecule has 2 atom stereocenters. The van der Waals surface area contributed by atoms with Gasteiger partial charge in [-0.25, -0.2) is 4.98 Å². The molecule has 1 N–H and O–H groups in total. The number of nitrogens with one attached hydrogen (secondary N) is 1. The van der Waals surface area contributed by atoms with Crippen LogP contribution in [0.2, 0.25) is 0 Å². The van der Waals surface area contributed by atoms with Gasteiger partial charge in [0.2, 0.25) is 0 Å². The molecular formula is C14H22N2O2. The third kappa shape index (κ3) is 3.35. The summed E-state index contributed by atoms with van der Waals surface area (Å²) in [5.41, 5.74) is 0. The molecule has 1 saturated carbocycles. The topological polar surface area (TPSA) is 43.4 Å². The van der Waals surface area contributed by atoms with Crippen LogP contribution in [0.15, 0.2) is 18.3 Å². The van der Waals surface area contributed by atoms with Crippen LogP contribution >= 0.6 is 0 Å². The number of aromatic nitrogens is 1. The minimum Gasteiger partial charge on any atom is -0.490 e. The Balaban J connectivity index is 1.96. The minimum absolute atomic E-state index is 0.381. The standard InChI is InChI=1S/C14H22N2O2/c1-3-9-18-13-5-4-8-15-14(13)16-11-6-7-12(10-11)17-2/h4-5,8,11-12H,3,6-7,9-10H2,1-2H3,(H,15,16). The highest BCUT2D eigenvalue weighted by atomic mass is 16.5. The Morgan fingerprint density at radius 2 is 2.33 bits per heavy atom. The maximum Gasteiger partial charge on any atom is 0.168 e. The van der Waals surface area contributed by atoms with Gasteiger partial charge in [-0.2, -0.15) is 0 Å². The molecule has 0 spiro atoms. The van der Waals surface area contributed by atoms with Gasteiger partial charge in [0.25, 0.3) is 0 Å². The summed E-state index contributed by atoms with van der Waals surface area (Å²) in [5, 5.41) is 3.47. The molecule has 0 amide bonds. The lowest BCUT2D eigenvalue weighted by atomic mass is 10.2. The first-order chi connectivity index (χ1) is 8.83. The number of rotatable bonds is 6. The van der Waals surface area contributed by atoms with Gasteiger partial charge in [-0.3, -0.25) is 0 Å². The van der Waals surface area contributed by atoms with E-state index in [2.05, 4.69) is 17.2 Å². The highest BCUT2D eigenvalue weighted by Gasteiger charge is 2.25. The van der Waals surface area contributed by atoms with Gasteiger partial charge in [0.15, 0.2) is 11.6 Å². The second-order valence-electron chi connectivity index (χ2n) is 4.71. The fraction of sp³-hybridized carbons (Fsp3) is 0.643. The molecule has 4 heteroatoms. The van der Waals surface area contributed by atoms with E-state index in [1.165, 1.54) is 0 Å². The molecule has 1 aliphatic carbocycles. The van der Waals surface area contributed by atoms with E-state index in [-0.39, 0.29) is 0 Å². The molecule has 2 unspecified atom stereocenters. The molecular weight excluding hydrogens is 228 g/mol. The molecule has 100 valence electrons. The van der Waals surface area contributed by atoms with Gasteiger partial charge in [0.1, 0.15) is 0 Å². The van der Waals surface area contributed by atoms with E-state index in [0.29, 0.717) is 12.1 Å². The first-order valence-electron chi connectivity index (χ1n) is 6.70. The number of pyridine rings is 1. The summed E-state index contributed by atoms with van der Waals surface area (Å²) in [6.45, 7) is 2.83. The third-order valence-electron chi connectivity index (χ3n) is 3.29. The molecule has 0 bridgehead atoms. The first kappa shape index (κ1) is 13.1. The highest BCUT2D eigenvalue weighted by Crippen LogP contribution is 2.28. The summed E-state index contributed by atoms with van der Waals surface area (Å²) in [5.74, 6) is 1.70. The van der Waals surface area contributed by atoms with Crippen LogP contribution in [0.4, 0.5) is 5.82 Å². The fourth-order valence-corrected chi connectivity index (χ4v) is 2.31. The molecule has 4 nitrogen and oxygen atoms in total. The Hall–Kier alpha value is -1.29. The van der Waals surface area contributed by atoms with Crippen LogP contribution in [0.5, 0.6) is 5.75 Å². The van der Waals surface area contributed by atoms with Gasteiger partial charge < -0.3 is 14.8 Å². The molecule has 0 radical (unpaired) electrons. The van der Waals surface area contributed by atoms with E-state index in [1.807, 2.05) is 12.1 Å².